The molecule has 0 saturated heterocycles. The first-order chi connectivity index (χ1) is 15.0. The Hall–Kier alpha value is -3.36. The standard InChI is InChI=1S/C22H31N7O2/c1-2-24-20-18(21(30)29-17-7-8-17)10-9-16(28-20)5-3-4-12-25-22(31)27-14-15-6-11-19(23)26-13-15/h6,9-11,13,17H,2-5,7-8,12,14H2,1H3,(H2,23,26)(H,24,28)(H,29,30)(H2,25,27,31). The summed E-state index contributed by atoms with van der Waals surface area (Å²) in [6.07, 6.45) is 6.25. The molecule has 0 aromatic carbocycles. The number of carbonyl (C=O) groups excluding carboxylic acids is 2. The Morgan fingerprint density at radius 1 is 1.13 bits per heavy atom. The largest absolute Gasteiger partial charge is 0.384 e. The molecule has 3 rings (SSSR count). The zero-order valence-electron chi connectivity index (χ0n) is 17.9. The van der Waals surface area contributed by atoms with Crippen molar-refractivity contribution in [1.82, 2.24) is 25.9 Å². The summed E-state index contributed by atoms with van der Waals surface area (Å²) >= 11 is 0. The summed E-state index contributed by atoms with van der Waals surface area (Å²) in [6.45, 7) is 3.66. The van der Waals surface area contributed by atoms with Gasteiger partial charge in [0.25, 0.3) is 5.91 Å². The third-order valence-corrected chi connectivity index (χ3v) is 4.90. The number of nitrogens with zero attached hydrogens (tertiary/aromatic N) is 2. The van der Waals surface area contributed by atoms with Crippen molar-refractivity contribution in [2.75, 3.05) is 24.1 Å². The van der Waals surface area contributed by atoms with Crippen LogP contribution >= 0.6 is 0 Å². The van der Waals surface area contributed by atoms with Gasteiger partial charge in [0.15, 0.2) is 0 Å². The summed E-state index contributed by atoms with van der Waals surface area (Å²) < 4.78 is 0. The lowest BCUT2D eigenvalue weighted by molar-refractivity contribution is 0.0951. The van der Waals surface area contributed by atoms with E-state index in [0.29, 0.717) is 42.9 Å². The molecule has 1 fully saturated rings. The number of urea groups is 1. The normalized spacial score (nSPS) is 12.8. The van der Waals surface area contributed by atoms with Gasteiger partial charge in [-0.05, 0) is 62.8 Å². The maximum absolute atomic E-state index is 12.4. The lowest BCUT2D eigenvalue weighted by Gasteiger charge is -2.12. The minimum atomic E-state index is -0.213. The van der Waals surface area contributed by atoms with Crippen LogP contribution in [0.4, 0.5) is 16.4 Å². The van der Waals surface area contributed by atoms with E-state index in [-0.39, 0.29) is 11.9 Å². The minimum Gasteiger partial charge on any atom is -0.384 e. The van der Waals surface area contributed by atoms with E-state index in [4.69, 9.17) is 5.73 Å². The molecule has 166 valence electrons. The van der Waals surface area contributed by atoms with Gasteiger partial charge in [-0.2, -0.15) is 0 Å². The summed E-state index contributed by atoms with van der Waals surface area (Å²) in [6, 6.07) is 7.39. The fourth-order valence-electron chi connectivity index (χ4n) is 3.03. The Morgan fingerprint density at radius 2 is 1.97 bits per heavy atom. The van der Waals surface area contributed by atoms with E-state index in [1.807, 2.05) is 25.1 Å². The molecule has 2 heterocycles. The molecule has 9 nitrogen and oxygen atoms in total. The number of hydrogen-bond donors (Lipinski definition) is 5. The van der Waals surface area contributed by atoms with Crippen molar-refractivity contribution in [2.45, 2.75) is 51.6 Å². The number of nitrogens with two attached hydrogens (primary N) is 1. The van der Waals surface area contributed by atoms with Crippen LogP contribution in [0.25, 0.3) is 0 Å². The highest BCUT2D eigenvalue weighted by Crippen LogP contribution is 2.21. The second-order valence-electron chi connectivity index (χ2n) is 7.63. The molecule has 31 heavy (non-hydrogen) atoms. The zero-order valence-corrected chi connectivity index (χ0v) is 17.9. The molecular weight excluding hydrogens is 394 g/mol. The van der Waals surface area contributed by atoms with Crippen LogP contribution in [0.5, 0.6) is 0 Å². The number of anilines is 2. The van der Waals surface area contributed by atoms with Crippen LogP contribution in [0.15, 0.2) is 30.5 Å². The van der Waals surface area contributed by atoms with Crippen LogP contribution in [0.2, 0.25) is 0 Å². The number of carbonyl (C=O) groups is 2. The van der Waals surface area contributed by atoms with Gasteiger partial charge in [-0.15, -0.1) is 0 Å². The van der Waals surface area contributed by atoms with E-state index in [9.17, 15) is 9.59 Å². The van der Waals surface area contributed by atoms with Crippen LogP contribution < -0.4 is 27.0 Å². The number of aryl methyl sites for hydroxylation is 1. The lowest BCUT2D eigenvalue weighted by atomic mass is 10.1. The van der Waals surface area contributed by atoms with Gasteiger partial charge in [0.2, 0.25) is 0 Å². The van der Waals surface area contributed by atoms with Crippen LogP contribution in [0.3, 0.4) is 0 Å². The first kappa shape index (κ1) is 22.3. The first-order valence-electron chi connectivity index (χ1n) is 10.8. The van der Waals surface area contributed by atoms with E-state index in [1.54, 1.807) is 12.3 Å². The molecule has 1 saturated carbocycles. The average Bonchev–Trinajstić information content (AvgIpc) is 3.57. The highest BCUT2D eigenvalue weighted by atomic mass is 16.2. The Kier molecular flexibility index (Phi) is 8.03. The molecule has 3 amide bonds. The zero-order chi connectivity index (χ0) is 22.1. The highest BCUT2D eigenvalue weighted by Gasteiger charge is 2.25. The van der Waals surface area contributed by atoms with Crippen molar-refractivity contribution in [3.63, 3.8) is 0 Å². The Morgan fingerprint density at radius 3 is 2.68 bits per heavy atom. The van der Waals surface area contributed by atoms with Crippen molar-refractivity contribution in [1.29, 1.82) is 0 Å². The van der Waals surface area contributed by atoms with Crippen LogP contribution in [0, 0.1) is 0 Å². The second kappa shape index (κ2) is 11.1. The number of nitrogens with one attached hydrogen (secondary N) is 4. The number of hydrogen-bond acceptors (Lipinski definition) is 6. The molecule has 1 aliphatic carbocycles. The molecule has 0 unspecified atom stereocenters. The molecule has 2 aromatic heterocycles. The van der Waals surface area contributed by atoms with Crippen molar-refractivity contribution in [3.8, 4) is 0 Å². The number of aromatic nitrogens is 2. The topological polar surface area (TPSA) is 134 Å². The third-order valence-electron chi connectivity index (χ3n) is 4.90. The van der Waals surface area contributed by atoms with Crippen molar-refractivity contribution in [3.05, 3.63) is 47.3 Å². The van der Waals surface area contributed by atoms with Gasteiger partial charge in [0, 0.05) is 37.6 Å². The fourth-order valence-corrected chi connectivity index (χ4v) is 3.03. The lowest BCUT2D eigenvalue weighted by Crippen LogP contribution is -2.35. The van der Waals surface area contributed by atoms with Gasteiger partial charge in [-0.1, -0.05) is 6.07 Å². The molecule has 9 heteroatoms. The van der Waals surface area contributed by atoms with Gasteiger partial charge >= 0.3 is 6.03 Å². The van der Waals surface area contributed by atoms with Gasteiger partial charge in [-0.25, -0.2) is 14.8 Å². The summed E-state index contributed by atoms with van der Waals surface area (Å²) in [4.78, 5) is 32.9. The van der Waals surface area contributed by atoms with Crippen molar-refractivity contribution >= 4 is 23.6 Å². The SMILES string of the molecule is CCNc1nc(CCCCNC(=O)NCc2ccc(N)nc2)ccc1C(=O)NC1CC1. The molecule has 0 spiro atoms. The van der Waals surface area contributed by atoms with Crippen molar-refractivity contribution < 1.29 is 9.59 Å². The smallest absolute Gasteiger partial charge is 0.315 e. The van der Waals surface area contributed by atoms with E-state index < -0.39 is 0 Å². The second-order valence-corrected chi connectivity index (χ2v) is 7.63. The first-order valence-corrected chi connectivity index (χ1v) is 10.8. The van der Waals surface area contributed by atoms with Gasteiger partial charge in [-0.3, -0.25) is 4.79 Å². The molecule has 6 N–H and O–H groups in total. The van der Waals surface area contributed by atoms with Crippen molar-refractivity contribution in [2.24, 2.45) is 0 Å². The van der Waals surface area contributed by atoms with E-state index in [0.717, 1.165) is 43.4 Å². The predicted octanol–water partition coefficient (Wildman–Crippen LogP) is 2.20. The number of rotatable bonds is 11. The van der Waals surface area contributed by atoms with E-state index >= 15 is 0 Å². The van der Waals surface area contributed by atoms with E-state index in [1.165, 1.54) is 0 Å². The minimum absolute atomic E-state index is 0.0672. The number of pyridine rings is 2. The number of unbranched alkanes of at least 4 members (excludes halogenated alkanes) is 1. The molecule has 0 bridgehead atoms. The summed E-state index contributed by atoms with van der Waals surface area (Å²) in [7, 11) is 0. The number of nitrogen functional groups attached to an aromatic ring is 1. The van der Waals surface area contributed by atoms with Crippen LogP contribution in [-0.4, -0.2) is 41.0 Å². The maximum Gasteiger partial charge on any atom is 0.315 e. The van der Waals surface area contributed by atoms with E-state index in [2.05, 4.69) is 31.2 Å². The Bertz CT molecular complexity index is 882. The molecule has 0 radical (unpaired) electrons. The van der Waals surface area contributed by atoms with Gasteiger partial charge in [0.05, 0.1) is 5.56 Å². The Balaban J connectivity index is 1.37. The quantitative estimate of drug-likeness (QED) is 0.350. The molecule has 0 aliphatic heterocycles. The molecule has 1 aliphatic rings. The fraction of sp³-hybridized carbons (Fsp3) is 0.455. The van der Waals surface area contributed by atoms with Crippen LogP contribution in [-0.2, 0) is 13.0 Å². The predicted molar refractivity (Wildman–Crippen MR) is 121 cm³/mol. The monoisotopic (exact) mass is 425 g/mol. The highest BCUT2D eigenvalue weighted by molar-refractivity contribution is 5.99. The summed E-state index contributed by atoms with van der Waals surface area (Å²) in [5, 5.41) is 11.8. The average molecular weight is 426 g/mol. The molecule has 0 atom stereocenters. The van der Waals surface area contributed by atoms with Gasteiger partial charge in [0.1, 0.15) is 11.6 Å². The van der Waals surface area contributed by atoms with Crippen LogP contribution in [0.1, 0.15) is 54.2 Å². The molecular formula is C22H31N7O2. The third kappa shape index (κ3) is 7.44. The Labute approximate surface area is 182 Å². The number of amides is 3. The maximum atomic E-state index is 12.4. The molecule has 2 aromatic rings. The summed E-state index contributed by atoms with van der Waals surface area (Å²) in [5.74, 6) is 1.02. The summed E-state index contributed by atoms with van der Waals surface area (Å²) in [5.41, 5.74) is 7.96. The van der Waals surface area contributed by atoms with Gasteiger partial charge < -0.3 is 27.0 Å².